The second kappa shape index (κ2) is 9.97. The van der Waals surface area contributed by atoms with Gasteiger partial charge in [0.2, 0.25) is 0 Å². The number of aliphatic carboxylic acids is 1. The second-order valence-corrected chi connectivity index (χ2v) is 8.35. The van der Waals surface area contributed by atoms with Gasteiger partial charge in [-0.1, -0.05) is 48.5 Å². The monoisotopic (exact) mass is 461 g/mol. The molecule has 1 aliphatic rings. The molecule has 3 aromatic carbocycles. The lowest BCUT2D eigenvalue weighted by Gasteiger charge is -2.22. The molecule has 6 nitrogen and oxygen atoms in total. The van der Waals surface area contributed by atoms with Crippen LogP contribution in [-0.4, -0.2) is 45.5 Å². The molecule has 0 saturated heterocycles. The van der Waals surface area contributed by atoms with E-state index in [0.29, 0.717) is 17.5 Å². The van der Waals surface area contributed by atoms with Crippen molar-refractivity contribution in [3.05, 3.63) is 95.3 Å². The third-order valence-corrected chi connectivity index (χ3v) is 6.18. The lowest BCUT2D eigenvalue weighted by molar-refractivity contribution is -0.146. The number of hydrogen-bond donors (Lipinski definition) is 2. The molecule has 0 spiro atoms. The number of carbonyl (C=O) groups is 3. The Labute approximate surface area is 196 Å². The number of halogens is 1. The molecule has 0 fully saturated rings. The zero-order valence-electron chi connectivity index (χ0n) is 18.4. The van der Waals surface area contributed by atoms with E-state index in [0.717, 1.165) is 21.6 Å². The molecule has 0 bridgehead atoms. The largest absolute Gasteiger partial charge is 0.481 e. The summed E-state index contributed by atoms with van der Waals surface area (Å²) >= 11 is 0. The lowest BCUT2D eigenvalue weighted by atomic mass is 9.93. The van der Waals surface area contributed by atoms with Crippen molar-refractivity contribution in [2.75, 3.05) is 6.54 Å². The molecule has 0 radical (unpaired) electrons. The zero-order chi connectivity index (χ0) is 24.2. The topological polar surface area (TPSA) is 94.9 Å². The van der Waals surface area contributed by atoms with Crippen LogP contribution < -0.4 is 0 Å². The molecule has 174 valence electrons. The molecular formula is C27H24FNO5. The molecule has 1 aliphatic heterocycles. The zero-order valence-corrected chi connectivity index (χ0v) is 18.4. The van der Waals surface area contributed by atoms with Crippen LogP contribution in [0.5, 0.6) is 0 Å². The Balaban J connectivity index is 1.34. The summed E-state index contributed by atoms with van der Waals surface area (Å²) < 4.78 is 13.1. The predicted octanol–water partition coefficient (Wildman–Crippen LogP) is 4.17. The average molecular weight is 461 g/mol. The Bertz CT molecular complexity index is 1170. The molecule has 3 aromatic rings. The minimum atomic E-state index is -1.17. The molecule has 7 heteroatoms. The first kappa shape index (κ1) is 23.3. The van der Waals surface area contributed by atoms with E-state index in [1.165, 1.54) is 12.1 Å². The molecule has 0 unspecified atom stereocenters. The van der Waals surface area contributed by atoms with Crippen molar-refractivity contribution in [3.8, 4) is 11.1 Å². The fourth-order valence-corrected chi connectivity index (χ4v) is 4.21. The van der Waals surface area contributed by atoms with Gasteiger partial charge in [-0.05, 0) is 60.2 Å². The maximum Gasteiger partial charge on any atom is 0.309 e. The first-order valence-electron chi connectivity index (χ1n) is 11.1. The van der Waals surface area contributed by atoms with Crippen LogP contribution in [0.2, 0.25) is 0 Å². The summed E-state index contributed by atoms with van der Waals surface area (Å²) in [6, 6.07) is 20.2. The maximum absolute atomic E-state index is 13.1. The summed E-state index contributed by atoms with van der Waals surface area (Å²) in [6.07, 6.45) is -0.494. The fraction of sp³-hybridized carbons (Fsp3) is 0.222. The number of hydrogen-bond acceptors (Lipinski definition) is 4. The Morgan fingerprint density at radius 2 is 1.35 bits per heavy atom. The average Bonchev–Trinajstić information content (AvgIpc) is 3.08. The fourth-order valence-electron chi connectivity index (χ4n) is 4.21. The van der Waals surface area contributed by atoms with Gasteiger partial charge in [0.15, 0.2) is 0 Å². The Hall–Kier alpha value is -3.84. The Morgan fingerprint density at radius 3 is 1.88 bits per heavy atom. The van der Waals surface area contributed by atoms with E-state index in [4.69, 9.17) is 0 Å². The molecule has 1 heterocycles. The Kier molecular flexibility index (Phi) is 6.84. The van der Waals surface area contributed by atoms with Crippen molar-refractivity contribution in [2.45, 2.75) is 25.4 Å². The molecule has 0 saturated carbocycles. The first-order valence-corrected chi connectivity index (χ1v) is 11.1. The molecule has 2 atom stereocenters. The first-order chi connectivity index (χ1) is 16.3. The molecule has 4 rings (SSSR count). The molecule has 0 aliphatic carbocycles. The van der Waals surface area contributed by atoms with Gasteiger partial charge in [0.1, 0.15) is 5.82 Å². The summed E-state index contributed by atoms with van der Waals surface area (Å²) in [6.45, 7) is -0.0766. The van der Waals surface area contributed by atoms with Crippen molar-refractivity contribution in [1.29, 1.82) is 0 Å². The van der Waals surface area contributed by atoms with Crippen LogP contribution in [0.3, 0.4) is 0 Å². The molecule has 2 N–H and O–H groups in total. The van der Waals surface area contributed by atoms with E-state index in [1.54, 1.807) is 36.4 Å². The molecule has 0 aromatic heterocycles. The van der Waals surface area contributed by atoms with E-state index in [-0.39, 0.29) is 25.2 Å². The number of carboxylic acid groups (broad SMARTS) is 1. The third kappa shape index (κ3) is 4.89. The van der Waals surface area contributed by atoms with E-state index < -0.39 is 29.8 Å². The quantitative estimate of drug-likeness (QED) is 0.467. The summed E-state index contributed by atoms with van der Waals surface area (Å²) in [5, 5.41) is 20.2. The van der Waals surface area contributed by atoms with Crippen molar-refractivity contribution >= 4 is 17.8 Å². The highest BCUT2D eigenvalue weighted by molar-refractivity contribution is 6.21. The van der Waals surface area contributed by atoms with Crippen LogP contribution in [0, 0.1) is 11.7 Å². The van der Waals surface area contributed by atoms with Gasteiger partial charge in [0.25, 0.3) is 11.8 Å². The SMILES string of the molecule is O=C(O)[C@H](CCN1C(=O)c2ccccc2C1=O)[C@@H](O)CCc1ccc(-c2ccc(F)cc2)cc1. The van der Waals surface area contributed by atoms with Gasteiger partial charge < -0.3 is 10.2 Å². The van der Waals surface area contributed by atoms with Crippen molar-refractivity contribution in [2.24, 2.45) is 5.92 Å². The van der Waals surface area contributed by atoms with Crippen LogP contribution >= 0.6 is 0 Å². The van der Waals surface area contributed by atoms with E-state index in [9.17, 15) is 29.0 Å². The number of carbonyl (C=O) groups excluding carboxylic acids is 2. The maximum atomic E-state index is 13.1. The number of benzene rings is 3. The van der Waals surface area contributed by atoms with E-state index in [2.05, 4.69) is 0 Å². The number of fused-ring (bicyclic) bond motifs is 1. The lowest BCUT2D eigenvalue weighted by Crippen LogP contribution is -2.36. The minimum Gasteiger partial charge on any atom is -0.481 e. The standard InChI is InChI=1S/C27H24FNO5/c28-20-12-10-19(11-13-20)18-8-5-17(6-9-18)7-14-24(30)23(27(33)34)15-16-29-25(31)21-3-1-2-4-22(21)26(29)32/h1-6,8-13,23-24,30H,7,14-16H2,(H,33,34)/t23-,24+/m1/s1. The number of aryl methyl sites for hydroxylation is 1. The van der Waals surface area contributed by atoms with Crippen molar-refractivity contribution in [3.63, 3.8) is 0 Å². The van der Waals surface area contributed by atoms with Crippen LogP contribution in [-0.2, 0) is 11.2 Å². The predicted molar refractivity (Wildman–Crippen MR) is 124 cm³/mol. The minimum absolute atomic E-state index is 0.0362. The van der Waals surface area contributed by atoms with E-state index >= 15 is 0 Å². The van der Waals surface area contributed by atoms with Gasteiger partial charge in [-0.25, -0.2) is 4.39 Å². The highest BCUT2D eigenvalue weighted by Gasteiger charge is 2.36. The number of aliphatic hydroxyl groups is 1. The second-order valence-electron chi connectivity index (χ2n) is 8.35. The highest BCUT2D eigenvalue weighted by Crippen LogP contribution is 2.25. The highest BCUT2D eigenvalue weighted by atomic mass is 19.1. The Morgan fingerprint density at radius 1 is 0.824 bits per heavy atom. The van der Waals surface area contributed by atoms with Gasteiger partial charge in [-0.2, -0.15) is 0 Å². The van der Waals surface area contributed by atoms with Crippen LogP contribution in [0.1, 0.15) is 39.1 Å². The number of aliphatic hydroxyl groups excluding tert-OH is 1. The third-order valence-electron chi connectivity index (χ3n) is 6.18. The van der Waals surface area contributed by atoms with Crippen molar-refractivity contribution in [1.82, 2.24) is 4.90 Å². The van der Waals surface area contributed by atoms with Gasteiger partial charge >= 0.3 is 5.97 Å². The van der Waals surface area contributed by atoms with Crippen LogP contribution in [0.15, 0.2) is 72.8 Å². The number of imide groups is 1. The van der Waals surface area contributed by atoms with Gasteiger partial charge in [-0.3, -0.25) is 19.3 Å². The number of nitrogens with zero attached hydrogens (tertiary/aromatic N) is 1. The summed E-state index contributed by atoms with van der Waals surface area (Å²) in [7, 11) is 0. The van der Waals surface area contributed by atoms with Gasteiger partial charge in [-0.15, -0.1) is 0 Å². The van der Waals surface area contributed by atoms with Gasteiger partial charge in [0.05, 0.1) is 23.1 Å². The number of carboxylic acids is 1. The summed E-state index contributed by atoms with van der Waals surface area (Å²) in [5.74, 6) is -3.47. The summed E-state index contributed by atoms with van der Waals surface area (Å²) in [4.78, 5) is 37.8. The van der Waals surface area contributed by atoms with Crippen LogP contribution in [0.25, 0.3) is 11.1 Å². The van der Waals surface area contributed by atoms with Crippen molar-refractivity contribution < 1.29 is 29.0 Å². The number of rotatable bonds is 9. The smallest absolute Gasteiger partial charge is 0.309 e. The summed E-state index contributed by atoms with van der Waals surface area (Å²) in [5.41, 5.74) is 3.35. The van der Waals surface area contributed by atoms with E-state index in [1.807, 2.05) is 24.3 Å². The molecule has 2 amide bonds. The molecule has 34 heavy (non-hydrogen) atoms. The molecular weight excluding hydrogens is 437 g/mol. The normalized spacial score (nSPS) is 14.7. The number of amides is 2. The van der Waals surface area contributed by atoms with Gasteiger partial charge in [0, 0.05) is 6.54 Å². The van der Waals surface area contributed by atoms with Crippen LogP contribution in [0.4, 0.5) is 4.39 Å².